The maximum atomic E-state index is 13.1. The number of hydrogen-bond donors (Lipinski definition) is 1. The van der Waals surface area contributed by atoms with E-state index in [9.17, 15) is 9.59 Å². The van der Waals surface area contributed by atoms with Crippen LogP contribution in [0.2, 0.25) is 0 Å². The molecule has 0 radical (unpaired) electrons. The van der Waals surface area contributed by atoms with Gasteiger partial charge in [-0.1, -0.05) is 12.1 Å². The monoisotopic (exact) mass is 413 g/mol. The van der Waals surface area contributed by atoms with Gasteiger partial charge in [0, 0.05) is 26.5 Å². The number of benzene rings is 1. The molecule has 0 fully saturated rings. The van der Waals surface area contributed by atoms with E-state index in [4.69, 9.17) is 0 Å². The highest BCUT2D eigenvalue weighted by Gasteiger charge is 2.17. The van der Waals surface area contributed by atoms with E-state index in [1.807, 2.05) is 36.0 Å². The standard InChI is InChI=1S/C22H19N7O2/c1-27-11-5-8-17(27)20-26-25-19-10-9-14(12-29(19)20)22(31)28(2)13-18-23-16-7-4-3-6-15(16)21(30)24-18/h3-12H,13H2,1-2H3,(H,23,24,30). The molecule has 0 aliphatic heterocycles. The topological polar surface area (TPSA) is 101 Å². The van der Waals surface area contributed by atoms with Gasteiger partial charge in [-0.2, -0.15) is 0 Å². The Balaban J connectivity index is 1.46. The van der Waals surface area contributed by atoms with E-state index in [-0.39, 0.29) is 18.0 Å². The molecule has 31 heavy (non-hydrogen) atoms. The number of hydrogen-bond acceptors (Lipinski definition) is 5. The number of fused-ring (bicyclic) bond motifs is 2. The lowest BCUT2D eigenvalue weighted by Gasteiger charge is -2.17. The number of aromatic amines is 1. The van der Waals surface area contributed by atoms with Crippen molar-refractivity contribution in [3.63, 3.8) is 0 Å². The number of nitrogens with one attached hydrogen (secondary N) is 1. The van der Waals surface area contributed by atoms with Crippen molar-refractivity contribution < 1.29 is 4.79 Å². The van der Waals surface area contributed by atoms with Gasteiger partial charge >= 0.3 is 0 Å². The van der Waals surface area contributed by atoms with Crippen LogP contribution in [0.25, 0.3) is 28.1 Å². The van der Waals surface area contributed by atoms with Crippen molar-refractivity contribution >= 4 is 22.5 Å². The Bertz CT molecular complexity index is 1490. The molecule has 1 N–H and O–H groups in total. The summed E-state index contributed by atoms with van der Waals surface area (Å²) < 4.78 is 3.74. The van der Waals surface area contributed by atoms with Crippen molar-refractivity contribution in [1.29, 1.82) is 0 Å². The number of H-pyrrole nitrogens is 1. The minimum atomic E-state index is -0.223. The molecule has 0 unspecified atom stereocenters. The molecule has 5 aromatic rings. The molecule has 0 bridgehead atoms. The quantitative estimate of drug-likeness (QED) is 0.487. The Kier molecular flexibility index (Phi) is 4.36. The van der Waals surface area contributed by atoms with Gasteiger partial charge in [-0.25, -0.2) is 4.98 Å². The van der Waals surface area contributed by atoms with E-state index in [1.165, 1.54) is 4.90 Å². The van der Waals surface area contributed by atoms with E-state index in [1.54, 1.807) is 48.0 Å². The molecule has 0 aliphatic rings. The van der Waals surface area contributed by atoms with Crippen LogP contribution in [0.1, 0.15) is 16.2 Å². The van der Waals surface area contributed by atoms with E-state index in [2.05, 4.69) is 20.2 Å². The summed E-state index contributed by atoms with van der Waals surface area (Å²) in [5.41, 5.74) is 2.40. The van der Waals surface area contributed by atoms with Crippen LogP contribution >= 0.6 is 0 Å². The Hall–Kier alpha value is -4.27. The Morgan fingerprint density at radius 1 is 1.10 bits per heavy atom. The summed E-state index contributed by atoms with van der Waals surface area (Å²) in [6, 6.07) is 14.5. The Morgan fingerprint density at radius 3 is 2.74 bits per heavy atom. The van der Waals surface area contributed by atoms with E-state index in [0.717, 1.165) is 5.69 Å². The summed E-state index contributed by atoms with van der Waals surface area (Å²) in [7, 11) is 3.60. The van der Waals surface area contributed by atoms with Crippen LogP contribution in [0, 0.1) is 0 Å². The predicted molar refractivity (Wildman–Crippen MR) is 116 cm³/mol. The lowest BCUT2D eigenvalue weighted by molar-refractivity contribution is 0.0781. The Labute approximate surface area is 176 Å². The molecule has 9 heteroatoms. The highest BCUT2D eigenvalue weighted by Crippen LogP contribution is 2.19. The minimum absolute atomic E-state index is 0.170. The first-order chi connectivity index (χ1) is 15.0. The molecule has 4 aromatic heterocycles. The lowest BCUT2D eigenvalue weighted by atomic mass is 10.2. The first-order valence-corrected chi connectivity index (χ1v) is 9.71. The number of nitrogens with zero attached hydrogens (tertiary/aromatic N) is 6. The summed E-state index contributed by atoms with van der Waals surface area (Å²) in [5, 5.41) is 8.98. The van der Waals surface area contributed by atoms with E-state index in [0.29, 0.717) is 33.8 Å². The van der Waals surface area contributed by atoms with Gasteiger partial charge < -0.3 is 14.5 Å². The SMILES string of the molecule is CN(Cc1nc2ccccc2c(=O)[nH]1)C(=O)c1ccc2nnc(-c3cccn3C)n2c1. The molecule has 9 nitrogen and oxygen atoms in total. The summed E-state index contributed by atoms with van der Waals surface area (Å²) in [4.78, 5) is 34.1. The zero-order chi connectivity index (χ0) is 21.5. The van der Waals surface area contributed by atoms with E-state index < -0.39 is 0 Å². The van der Waals surface area contributed by atoms with Gasteiger partial charge in [-0.05, 0) is 36.4 Å². The molecule has 0 spiro atoms. The first kappa shape index (κ1) is 18.7. The molecular formula is C22H19N7O2. The van der Waals surface area contributed by atoms with Gasteiger partial charge in [0.1, 0.15) is 5.82 Å². The van der Waals surface area contributed by atoms with Gasteiger partial charge in [0.15, 0.2) is 11.5 Å². The average Bonchev–Trinajstić information content (AvgIpc) is 3.38. The fraction of sp³-hybridized carbons (Fsp3) is 0.136. The zero-order valence-corrected chi connectivity index (χ0v) is 17.0. The third-order valence-electron chi connectivity index (χ3n) is 5.22. The number of pyridine rings is 1. The summed E-state index contributed by atoms with van der Waals surface area (Å²) in [6.07, 6.45) is 3.66. The maximum Gasteiger partial charge on any atom is 0.258 e. The van der Waals surface area contributed by atoms with Crippen molar-refractivity contribution in [2.75, 3.05) is 7.05 Å². The molecule has 1 aromatic carbocycles. The third-order valence-corrected chi connectivity index (χ3v) is 5.22. The van der Waals surface area contributed by atoms with Crippen LogP contribution in [0.3, 0.4) is 0 Å². The van der Waals surface area contributed by atoms with Crippen molar-refractivity contribution in [1.82, 2.24) is 34.0 Å². The molecular weight excluding hydrogens is 394 g/mol. The number of rotatable bonds is 4. The van der Waals surface area contributed by atoms with Crippen LogP contribution in [0.5, 0.6) is 0 Å². The van der Waals surface area contributed by atoms with E-state index >= 15 is 0 Å². The minimum Gasteiger partial charge on any atom is -0.348 e. The summed E-state index contributed by atoms with van der Waals surface area (Å²) in [5.74, 6) is 0.874. The van der Waals surface area contributed by atoms with Crippen LogP contribution in [-0.2, 0) is 13.6 Å². The van der Waals surface area contributed by atoms with Crippen molar-refractivity contribution in [2.24, 2.45) is 7.05 Å². The largest absolute Gasteiger partial charge is 0.348 e. The average molecular weight is 413 g/mol. The van der Waals surface area contributed by atoms with Crippen LogP contribution in [0.15, 0.2) is 65.7 Å². The molecule has 0 aliphatic carbocycles. The van der Waals surface area contributed by atoms with Crippen LogP contribution in [-0.4, -0.2) is 47.0 Å². The van der Waals surface area contributed by atoms with Gasteiger partial charge in [-0.15, -0.1) is 10.2 Å². The van der Waals surface area contributed by atoms with Gasteiger partial charge in [0.2, 0.25) is 0 Å². The molecule has 5 rings (SSSR count). The molecule has 1 amide bonds. The van der Waals surface area contributed by atoms with Gasteiger partial charge in [-0.3, -0.25) is 14.0 Å². The second kappa shape index (κ2) is 7.21. The zero-order valence-electron chi connectivity index (χ0n) is 17.0. The number of aryl methyl sites for hydroxylation is 1. The normalized spacial score (nSPS) is 11.3. The van der Waals surface area contributed by atoms with Crippen molar-refractivity contribution in [2.45, 2.75) is 6.54 Å². The highest BCUT2D eigenvalue weighted by atomic mass is 16.2. The fourth-order valence-electron chi connectivity index (χ4n) is 3.61. The Morgan fingerprint density at radius 2 is 1.94 bits per heavy atom. The van der Waals surface area contributed by atoms with Gasteiger partial charge in [0.25, 0.3) is 11.5 Å². The summed E-state index contributed by atoms with van der Waals surface area (Å²) >= 11 is 0. The van der Waals surface area contributed by atoms with Crippen molar-refractivity contribution in [3.05, 3.63) is 82.7 Å². The third kappa shape index (κ3) is 3.25. The molecule has 0 saturated carbocycles. The van der Waals surface area contributed by atoms with Crippen LogP contribution in [0.4, 0.5) is 0 Å². The number of amides is 1. The molecule has 0 atom stereocenters. The lowest BCUT2D eigenvalue weighted by Crippen LogP contribution is -2.28. The maximum absolute atomic E-state index is 13.1. The number of carbonyl (C=O) groups excluding carboxylic acids is 1. The number of carbonyl (C=O) groups is 1. The molecule has 154 valence electrons. The predicted octanol–water partition coefficient (Wildman–Crippen LogP) is 2.24. The fourth-order valence-corrected chi connectivity index (χ4v) is 3.61. The first-order valence-electron chi connectivity index (χ1n) is 9.71. The summed E-state index contributed by atoms with van der Waals surface area (Å²) in [6.45, 7) is 0.170. The van der Waals surface area contributed by atoms with Gasteiger partial charge in [0.05, 0.1) is 28.7 Å². The second-order valence-corrected chi connectivity index (χ2v) is 7.36. The molecule has 0 saturated heterocycles. The number of para-hydroxylation sites is 1. The highest BCUT2D eigenvalue weighted by molar-refractivity contribution is 5.94. The van der Waals surface area contributed by atoms with Crippen molar-refractivity contribution in [3.8, 4) is 11.5 Å². The van der Waals surface area contributed by atoms with Crippen LogP contribution < -0.4 is 5.56 Å². The number of aromatic nitrogens is 6. The molecule has 4 heterocycles. The second-order valence-electron chi connectivity index (χ2n) is 7.36. The smallest absolute Gasteiger partial charge is 0.258 e.